The average molecular weight is 546 g/mol. The van der Waals surface area contributed by atoms with Gasteiger partial charge in [0.2, 0.25) is 11.8 Å². The largest absolute Gasteiger partial charge is 0.394 e. The molecule has 2 aliphatic rings. The smallest absolute Gasteiger partial charge is 0.227 e. The average Bonchev–Trinajstić information content (AvgIpc) is 3.73. The predicted octanol–water partition coefficient (Wildman–Crippen LogP) is 3.12. The maximum absolute atomic E-state index is 13.8. The molecule has 1 aromatic rings. The molecule has 1 saturated carbocycles. The monoisotopic (exact) mass is 545 g/mol. The van der Waals surface area contributed by atoms with E-state index < -0.39 is 5.60 Å². The van der Waals surface area contributed by atoms with Crippen LogP contribution < -0.4 is 10.6 Å². The highest BCUT2D eigenvalue weighted by Gasteiger charge is 2.39. The third-order valence-corrected chi connectivity index (χ3v) is 7.84. The summed E-state index contributed by atoms with van der Waals surface area (Å²) in [5.74, 6) is -0.188. The van der Waals surface area contributed by atoms with Gasteiger partial charge in [-0.25, -0.2) is 0 Å². The zero-order valence-corrected chi connectivity index (χ0v) is 24.7. The van der Waals surface area contributed by atoms with Gasteiger partial charge in [-0.05, 0) is 81.4 Å². The lowest BCUT2D eigenvalue weighted by Crippen LogP contribution is -2.51. The van der Waals surface area contributed by atoms with Gasteiger partial charge in [-0.1, -0.05) is 32.0 Å². The molecule has 39 heavy (non-hydrogen) atoms. The van der Waals surface area contributed by atoms with Gasteiger partial charge in [-0.2, -0.15) is 0 Å². The first-order valence-electron chi connectivity index (χ1n) is 14.8. The van der Waals surface area contributed by atoms with Gasteiger partial charge in [0.05, 0.1) is 30.1 Å². The molecule has 2 fully saturated rings. The number of nitrogens with zero attached hydrogens (tertiary/aromatic N) is 1. The van der Waals surface area contributed by atoms with Crippen LogP contribution in [0.5, 0.6) is 0 Å². The fraction of sp³-hybridized carbons (Fsp3) is 0.742. The summed E-state index contributed by atoms with van der Waals surface area (Å²) >= 11 is 0. The Morgan fingerprint density at radius 2 is 1.82 bits per heavy atom. The van der Waals surface area contributed by atoms with E-state index in [9.17, 15) is 19.8 Å². The molecule has 220 valence electrons. The molecule has 8 nitrogen and oxygen atoms in total. The van der Waals surface area contributed by atoms with Gasteiger partial charge in [0.15, 0.2) is 0 Å². The molecule has 1 unspecified atom stereocenters. The normalized spacial score (nSPS) is 20.6. The molecule has 1 heterocycles. The summed E-state index contributed by atoms with van der Waals surface area (Å²) in [5.41, 5.74) is 2.09. The van der Waals surface area contributed by atoms with Crippen LogP contribution in [0.25, 0.3) is 0 Å². The Hall–Kier alpha value is -2.00. The number of rotatable bonds is 15. The Morgan fingerprint density at radius 1 is 1.13 bits per heavy atom. The maximum Gasteiger partial charge on any atom is 0.227 e. The highest BCUT2D eigenvalue weighted by Crippen LogP contribution is 2.33. The van der Waals surface area contributed by atoms with E-state index in [0.29, 0.717) is 32.0 Å². The second-order valence-electron chi connectivity index (χ2n) is 12.5. The maximum atomic E-state index is 13.8. The lowest BCUT2D eigenvalue weighted by atomic mass is 9.88. The molecular formula is C31H51N3O5. The Labute approximate surface area is 234 Å². The quantitative estimate of drug-likeness (QED) is 0.252. The second-order valence-corrected chi connectivity index (χ2v) is 12.5. The van der Waals surface area contributed by atoms with Gasteiger partial charge in [-0.3, -0.25) is 9.59 Å². The van der Waals surface area contributed by atoms with Gasteiger partial charge in [0.25, 0.3) is 0 Å². The molecule has 1 aliphatic heterocycles. The molecule has 0 bridgehead atoms. The number of methoxy groups -OCH3 is 1. The number of ether oxygens (including phenoxy) is 1. The number of piperidine rings is 1. The first-order chi connectivity index (χ1) is 18.5. The Morgan fingerprint density at radius 3 is 2.44 bits per heavy atom. The molecule has 4 N–H and O–H groups in total. The van der Waals surface area contributed by atoms with E-state index in [1.165, 1.54) is 5.56 Å². The lowest BCUT2D eigenvalue weighted by Gasteiger charge is -2.34. The number of carbonyl (C=O) groups excluding carboxylic acids is 2. The summed E-state index contributed by atoms with van der Waals surface area (Å²) in [6.45, 7) is 9.99. The lowest BCUT2D eigenvalue weighted by molar-refractivity contribution is -0.139. The highest BCUT2D eigenvalue weighted by molar-refractivity contribution is 5.83. The molecule has 1 saturated heterocycles. The topological polar surface area (TPSA) is 111 Å². The molecular weight excluding hydrogens is 494 g/mol. The van der Waals surface area contributed by atoms with Crippen LogP contribution in [-0.4, -0.2) is 72.4 Å². The van der Waals surface area contributed by atoms with Crippen molar-refractivity contribution in [3.8, 4) is 0 Å². The molecule has 1 aromatic carbocycles. The van der Waals surface area contributed by atoms with Crippen molar-refractivity contribution in [1.29, 1.82) is 0 Å². The Bertz CT molecular complexity index is 941. The summed E-state index contributed by atoms with van der Waals surface area (Å²) in [6, 6.07) is 6.24. The molecule has 0 aromatic heterocycles. The van der Waals surface area contributed by atoms with E-state index in [-0.39, 0.29) is 42.3 Å². The van der Waals surface area contributed by atoms with Crippen molar-refractivity contribution in [3.05, 3.63) is 34.9 Å². The zero-order chi connectivity index (χ0) is 28.6. The van der Waals surface area contributed by atoms with Crippen molar-refractivity contribution in [3.63, 3.8) is 0 Å². The number of carbonyl (C=O) groups is 2. The number of hydrogen-bond donors (Lipinski definition) is 4. The van der Waals surface area contributed by atoms with Gasteiger partial charge in [0, 0.05) is 39.4 Å². The molecule has 2 amide bonds. The van der Waals surface area contributed by atoms with E-state index in [4.69, 9.17) is 4.74 Å². The number of hydrogen-bond acceptors (Lipinski definition) is 6. The predicted molar refractivity (Wildman–Crippen MR) is 153 cm³/mol. The number of aliphatic hydroxyl groups is 2. The van der Waals surface area contributed by atoms with Gasteiger partial charge >= 0.3 is 0 Å². The molecule has 0 spiro atoms. The number of nitrogens with one attached hydrogen (secondary N) is 2. The van der Waals surface area contributed by atoms with E-state index >= 15 is 0 Å². The SMILES string of the molecule is COCCCCc1cc(CN(C(=O)[C@H]2CNC[C@@H](C(=O)NC(CO)CC(C)C)C2)C2CC2)cc(C(C)(C)O)c1. The summed E-state index contributed by atoms with van der Waals surface area (Å²) < 4.78 is 5.19. The minimum absolute atomic E-state index is 0.0834. The number of aryl methyl sites for hydroxylation is 1. The third-order valence-electron chi connectivity index (χ3n) is 7.84. The van der Waals surface area contributed by atoms with Gasteiger partial charge in [0.1, 0.15) is 0 Å². The summed E-state index contributed by atoms with van der Waals surface area (Å²) in [7, 11) is 1.71. The van der Waals surface area contributed by atoms with E-state index in [2.05, 4.69) is 36.6 Å². The van der Waals surface area contributed by atoms with E-state index in [1.807, 2.05) is 11.0 Å². The van der Waals surface area contributed by atoms with Crippen LogP contribution in [-0.2, 0) is 32.9 Å². The zero-order valence-electron chi connectivity index (χ0n) is 24.7. The highest BCUT2D eigenvalue weighted by atomic mass is 16.5. The number of benzene rings is 1. The van der Waals surface area contributed by atoms with Crippen LogP contribution >= 0.6 is 0 Å². The van der Waals surface area contributed by atoms with Crippen molar-refractivity contribution in [2.45, 2.75) is 96.9 Å². The van der Waals surface area contributed by atoms with Gasteiger partial charge in [-0.15, -0.1) is 0 Å². The fourth-order valence-electron chi connectivity index (χ4n) is 5.53. The van der Waals surface area contributed by atoms with Crippen LogP contribution in [0.1, 0.15) is 82.9 Å². The van der Waals surface area contributed by atoms with Crippen LogP contribution in [0.3, 0.4) is 0 Å². The molecule has 1 aliphatic carbocycles. The third kappa shape index (κ3) is 9.85. The summed E-state index contributed by atoms with van der Waals surface area (Å²) in [4.78, 5) is 28.8. The molecule has 3 atom stereocenters. The van der Waals surface area contributed by atoms with Crippen LogP contribution in [0.2, 0.25) is 0 Å². The van der Waals surface area contributed by atoms with E-state index in [1.54, 1.807) is 21.0 Å². The standard InChI is InChI=1S/C31H51N3O5/c1-21(2)12-27(20-35)33-29(36)24-16-25(18-32-17-24)30(37)34(28-9-10-28)19-23-13-22(8-6-7-11-39-5)14-26(15-23)31(3,4)38/h13-15,21,24-25,27-28,32,35,38H,6-12,16-20H2,1-5H3,(H,33,36)/t24-,25+,27?/m0/s1. The minimum Gasteiger partial charge on any atom is -0.394 e. The summed E-state index contributed by atoms with van der Waals surface area (Å²) in [6.07, 6.45) is 6.10. The number of amides is 2. The fourth-order valence-corrected chi connectivity index (χ4v) is 5.53. The molecule has 3 rings (SSSR count). The number of aliphatic hydroxyl groups excluding tert-OH is 1. The van der Waals surface area contributed by atoms with Gasteiger partial charge < -0.3 is 30.5 Å². The molecule has 0 radical (unpaired) electrons. The number of unbranched alkanes of at least 4 members (excludes halogenated alkanes) is 1. The first-order valence-corrected chi connectivity index (χ1v) is 14.8. The molecule has 8 heteroatoms. The first kappa shape index (κ1) is 31.5. The minimum atomic E-state index is -0.971. The van der Waals surface area contributed by atoms with Crippen molar-refractivity contribution < 1.29 is 24.5 Å². The van der Waals surface area contributed by atoms with Crippen molar-refractivity contribution in [2.24, 2.45) is 17.8 Å². The Kier molecular flexibility index (Phi) is 11.8. The second kappa shape index (κ2) is 14.6. The van der Waals surface area contributed by atoms with Crippen molar-refractivity contribution >= 4 is 11.8 Å². The van der Waals surface area contributed by atoms with Crippen LogP contribution in [0.15, 0.2) is 18.2 Å². The van der Waals surface area contributed by atoms with E-state index in [0.717, 1.165) is 56.3 Å². The van der Waals surface area contributed by atoms with Crippen molar-refractivity contribution in [2.75, 3.05) is 33.4 Å². The summed E-state index contributed by atoms with van der Waals surface area (Å²) in [5, 5.41) is 26.8. The van der Waals surface area contributed by atoms with Crippen LogP contribution in [0, 0.1) is 17.8 Å². The van der Waals surface area contributed by atoms with Crippen molar-refractivity contribution in [1.82, 2.24) is 15.5 Å². The van der Waals surface area contributed by atoms with Crippen LogP contribution in [0.4, 0.5) is 0 Å². The Balaban J connectivity index is 1.71.